The van der Waals surface area contributed by atoms with Crippen molar-refractivity contribution < 1.29 is 33.3 Å². The average molecular weight is 365 g/mol. The summed E-state index contributed by atoms with van der Waals surface area (Å²) in [6, 6.07) is 8.53. The number of esters is 2. The number of carbonyl (C=O) groups is 3. The normalized spacial score (nSPS) is 19.3. The lowest BCUT2D eigenvalue weighted by Crippen LogP contribution is -2.53. The fourth-order valence-corrected chi connectivity index (χ4v) is 2.81. The van der Waals surface area contributed by atoms with Gasteiger partial charge in [-0.05, 0) is 12.0 Å². The molecule has 0 aromatic heterocycles. The first kappa shape index (κ1) is 19.7. The molecule has 8 nitrogen and oxygen atoms in total. The fourth-order valence-electron chi connectivity index (χ4n) is 2.81. The Balaban J connectivity index is 2.04. The van der Waals surface area contributed by atoms with Gasteiger partial charge in [0.25, 0.3) is 0 Å². The molecule has 8 heteroatoms. The zero-order valence-corrected chi connectivity index (χ0v) is 14.9. The molecular formula is C18H23NO7. The minimum Gasteiger partial charge on any atom is -0.469 e. The van der Waals surface area contributed by atoms with Gasteiger partial charge in [0.15, 0.2) is 0 Å². The molecule has 0 N–H and O–H groups in total. The van der Waals surface area contributed by atoms with Crippen LogP contribution in [0.2, 0.25) is 0 Å². The van der Waals surface area contributed by atoms with Crippen molar-refractivity contribution in [2.45, 2.75) is 19.1 Å². The van der Waals surface area contributed by atoms with Crippen molar-refractivity contribution in [3.8, 4) is 0 Å². The number of amides is 1. The fraction of sp³-hybridized carbons (Fsp3) is 0.500. The molecular weight excluding hydrogens is 342 g/mol. The topological polar surface area (TPSA) is 91.4 Å². The van der Waals surface area contributed by atoms with Gasteiger partial charge in [0, 0.05) is 6.61 Å². The number of benzene rings is 1. The van der Waals surface area contributed by atoms with Crippen LogP contribution in [0.5, 0.6) is 0 Å². The maximum Gasteiger partial charge on any atom is 0.410 e. The maximum atomic E-state index is 12.2. The zero-order valence-electron chi connectivity index (χ0n) is 14.9. The molecule has 1 fully saturated rings. The van der Waals surface area contributed by atoms with Crippen molar-refractivity contribution in [3.05, 3.63) is 35.9 Å². The smallest absolute Gasteiger partial charge is 0.410 e. The van der Waals surface area contributed by atoms with E-state index < -0.39 is 30.0 Å². The number of carbonyl (C=O) groups excluding carboxylic acids is 3. The van der Waals surface area contributed by atoms with Crippen molar-refractivity contribution in [1.29, 1.82) is 0 Å². The highest BCUT2D eigenvalue weighted by Gasteiger charge is 2.40. The predicted molar refractivity (Wildman–Crippen MR) is 90.1 cm³/mol. The van der Waals surface area contributed by atoms with Gasteiger partial charge in [-0.2, -0.15) is 0 Å². The Kier molecular flexibility index (Phi) is 7.40. The molecule has 0 spiro atoms. The summed E-state index contributed by atoms with van der Waals surface area (Å²) in [6.45, 7) is 0.238. The van der Waals surface area contributed by atoms with Crippen molar-refractivity contribution in [3.63, 3.8) is 0 Å². The van der Waals surface area contributed by atoms with Gasteiger partial charge in [-0.15, -0.1) is 0 Å². The van der Waals surface area contributed by atoms with E-state index in [1.54, 1.807) is 0 Å². The second-order valence-electron chi connectivity index (χ2n) is 5.80. The Morgan fingerprint density at radius 1 is 1.15 bits per heavy atom. The van der Waals surface area contributed by atoms with Crippen LogP contribution < -0.4 is 0 Å². The van der Waals surface area contributed by atoms with E-state index in [2.05, 4.69) is 0 Å². The molecule has 142 valence electrons. The van der Waals surface area contributed by atoms with Crippen LogP contribution in [0.25, 0.3) is 0 Å². The minimum atomic E-state index is -0.730. The number of ether oxygens (including phenoxy) is 4. The molecule has 0 bridgehead atoms. The van der Waals surface area contributed by atoms with Crippen LogP contribution in [0.15, 0.2) is 30.3 Å². The van der Waals surface area contributed by atoms with E-state index >= 15 is 0 Å². The summed E-state index contributed by atoms with van der Waals surface area (Å²) in [4.78, 5) is 37.6. The monoisotopic (exact) mass is 365 g/mol. The van der Waals surface area contributed by atoms with Crippen LogP contribution in [0.3, 0.4) is 0 Å². The Morgan fingerprint density at radius 2 is 1.88 bits per heavy atom. The molecule has 1 saturated heterocycles. The summed E-state index contributed by atoms with van der Waals surface area (Å²) in [5, 5.41) is 0. The van der Waals surface area contributed by atoms with Crippen molar-refractivity contribution in [2.24, 2.45) is 5.92 Å². The summed E-state index contributed by atoms with van der Waals surface area (Å²) >= 11 is 0. The number of hydrogen-bond acceptors (Lipinski definition) is 7. The molecule has 1 heterocycles. The molecule has 0 radical (unpaired) electrons. The first-order valence-corrected chi connectivity index (χ1v) is 8.26. The second-order valence-corrected chi connectivity index (χ2v) is 5.80. The van der Waals surface area contributed by atoms with Crippen molar-refractivity contribution in [1.82, 2.24) is 4.90 Å². The third kappa shape index (κ3) is 5.19. The summed E-state index contributed by atoms with van der Waals surface area (Å²) in [6.07, 6.45) is -0.338. The Labute approximate surface area is 152 Å². The third-order valence-corrected chi connectivity index (χ3v) is 4.18. The molecule has 2 atom stereocenters. The summed E-state index contributed by atoms with van der Waals surface area (Å²) in [7, 11) is 2.49. The molecule has 1 aromatic carbocycles. The summed E-state index contributed by atoms with van der Waals surface area (Å²) < 4.78 is 20.2. The lowest BCUT2D eigenvalue weighted by Gasteiger charge is -2.36. The zero-order chi connectivity index (χ0) is 18.9. The van der Waals surface area contributed by atoms with E-state index in [1.165, 1.54) is 14.2 Å². The molecule has 1 aliphatic rings. The van der Waals surface area contributed by atoms with Crippen LogP contribution in [0.4, 0.5) is 4.79 Å². The van der Waals surface area contributed by atoms with Gasteiger partial charge in [-0.25, -0.2) is 4.79 Å². The van der Waals surface area contributed by atoms with Gasteiger partial charge < -0.3 is 18.9 Å². The summed E-state index contributed by atoms with van der Waals surface area (Å²) in [5.41, 5.74) is 0.832. The van der Waals surface area contributed by atoms with Crippen LogP contribution in [-0.4, -0.2) is 63.0 Å². The van der Waals surface area contributed by atoms with Crippen LogP contribution >= 0.6 is 0 Å². The van der Waals surface area contributed by atoms with Gasteiger partial charge in [0.05, 0.1) is 32.8 Å². The van der Waals surface area contributed by atoms with Gasteiger partial charge in [0.1, 0.15) is 13.2 Å². The van der Waals surface area contributed by atoms with Gasteiger partial charge in [0.2, 0.25) is 0 Å². The molecule has 26 heavy (non-hydrogen) atoms. The number of methoxy groups -OCH3 is 2. The van der Waals surface area contributed by atoms with Crippen LogP contribution in [0.1, 0.15) is 12.0 Å². The SMILES string of the molecule is COC(=O)[C@H]1CCOC[C@H]1N(CC(=O)OCc1ccccc1)C(=O)OC. The van der Waals surface area contributed by atoms with E-state index in [4.69, 9.17) is 18.9 Å². The Hall–Kier alpha value is -2.61. The molecule has 0 unspecified atom stereocenters. The quantitative estimate of drug-likeness (QED) is 0.555. The lowest BCUT2D eigenvalue weighted by atomic mass is 9.93. The third-order valence-electron chi connectivity index (χ3n) is 4.18. The number of rotatable bonds is 6. The van der Waals surface area contributed by atoms with E-state index in [9.17, 15) is 14.4 Å². The molecule has 0 saturated carbocycles. The highest BCUT2D eigenvalue weighted by Crippen LogP contribution is 2.23. The largest absolute Gasteiger partial charge is 0.469 e. The van der Waals surface area contributed by atoms with Crippen molar-refractivity contribution in [2.75, 3.05) is 34.0 Å². The predicted octanol–water partition coefficient (Wildman–Crippen LogP) is 1.38. The van der Waals surface area contributed by atoms with Crippen LogP contribution in [0, 0.1) is 5.92 Å². The van der Waals surface area contributed by atoms with Gasteiger partial charge >= 0.3 is 18.0 Å². The highest BCUT2D eigenvalue weighted by molar-refractivity contribution is 5.80. The Morgan fingerprint density at radius 3 is 2.54 bits per heavy atom. The average Bonchev–Trinajstić information content (AvgIpc) is 2.70. The molecule has 1 aliphatic heterocycles. The minimum absolute atomic E-state index is 0.0935. The second kappa shape index (κ2) is 9.76. The van der Waals surface area contributed by atoms with E-state index in [-0.39, 0.29) is 19.8 Å². The first-order valence-electron chi connectivity index (χ1n) is 8.26. The molecule has 1 amide bonds. The first-order chi connectivity index (χ1) is 12.6. The van der Waals surface area contributed by atoms with Gasteiger partial charge in [-0.3, -0.25) is 14.5 Å². The Bertz CT molecular complexity index is 619. The van der Waals surface area contributed by atoms with Crippen molar-refractivity contribution >= 4 is 18.0 Å². The highest BCUT2D eigenvalue weighted by atomic mass is 16.6. The van der Waals surface area contributed by atoms with Crippen LogP contribution in [-0.2, 0) is 35.1 Å². The van der Waals surface area contributed by atoms with E-state index in [0.717, 1.165) is 10.5 Å². The van der Waals surface area contributed by atoms with E-state index in [0.29, 0.717) is 13.0 Å². The standard InChI is InChI=1S/C18H23NO7/c1-23-17(21)14-8-9-25-12-15(14)19(18(22)24-2)10-16(20)26-11-13-6-4-3-5-7-13/h3-7,14-15H,8-12H2,1-2H3/t14-,15+/m0/s1. The molecule has 0 aliphatic carbocycles. The maximum absolute atomic E-state index is 12.2. The number of nitrogens with zero attached hydrogens (tertiary/aromatic N) is 1. The van der Waals surface area contributed by atoms with E-state index in [1.807, 2.05) is 30.3 Å². The summed E-state index contributed by atoms with van der Waals surface area (Å²) in [5.74, 6) is -1.65. The molecule has 2 rings (SSSR count). The number of hydrogen-bond donors (Lipinski definition) is 0. The lowest BCUT2D eigenvalue weighted by molar-refractivity contribution is -0.156. The molecule has 1 aromatic rings. The van der Waals surface area contributed by atoms with Gasteiger partial charge in [-0.1, -0.05) is 30.3 Å².